The lowest BCUT2D eigenvalue weighted by Gasteiger charge is -2.18. The van der Waals surface area contributed by atoms with E-state index in [1.54, 1.807) is 18.4 Å². The summed E-state index contributed by atoms with van der Waals surface area (Å²) in [5.74, 6) is -2.40. The van der Waals surface area contributed by atoms with E-state index in [0.29, 0.717) is 29.0 Å². The van der Waals surface area contributed by atoms with Crippen molar-refractivity contribution in [3.63, 3.8) is 0 Å². The number of rotatable bonds is 12. The second-order valence-electron chi connectivity index (χ2n) is 12.3. The van der Waals surface area contributed by atoms with Gasteiger partial charge in [0.25, 0.3) is 0 Å². The van der Waals surface area contributed by atoms with Crippen molar-refractivity contribution in [2.24, 2.45) is 11.8 Å². The number of aromatic nitrogens is 1. The molecule has 0 aliphatic rings. The Labute approximate surface area is 277 Å². The molecule has 2 aromatic heterocycles. The number of thiophene rings is 1. The van der Waals surface area contributed by atoms with Crippen molar-refractivity contribution in [3.05, 3.63) is 123 Å². The molecule has 244 valence electrons. The van der Waals surface area contributed by atoms with Crippen LogP contribution < -0.4 is 10.7 Å². The van der Waals surface area contributed by atoms with Crippen molar-refractivity contribution in [1.29, 1.82) is 0 Å². The van der Waals surface area contributed by atoms with Gasteiger partial charge < -0.3 is 9.88 Å². The second-order valence-corrected chi connectivity index (χ2v) is 13.3. The number of halogens is 2. The first-order chi connectivity index (χ1) is 22.5. The summed E-state index contributed by atoms with van der Waals surface area (Å²) in [6, 6.07) is 21.1. The zero-order chi connectivity index (χ0) is 33.8. The normalized spacial score (nSPS) is 12.2. The summed E-state index contributed by atoms with van der Waals surface area (Å²) in [6.45, 7) is 8.07. The molecule has 0 bridgehead atoms. The largest absolute Gasteiger partial charge is 0.334 e. The predicted octanol–water partition coefficient (Wildman–Crippen LogP) is 8.51. The van der Waals surface area contributed by atoms with Crippen LogP contribution in [-0.4, -0.2) is 28.2 Å². The molecular weight excluding hydrogens is 616 g/mol. The summed E-state index contributed by atoms with van der Waals surface area (Å²) in [4.78, 5) is 43.6. The van der Waals surface area contributed by atoms with E-state index < -0.39 is 23.0 Å². The summed E-state index contributed by atoms with van der Waals surface area (Å²) >= 11 is 1.35. The molecule has 1 atom stereocenters. The van der Waals surface area contributed by atoms with Gasteiger partial charge in [-0.2, -0.15) is 0 Å². The molecule has 5 aromatic rings. The van der Waals surface area contributed by atoms with Crippen LogP contribution in [0, 0.1) is 23.5 Å². The van der Waals surface area contributed by atoms with Gasteiger partial charge in [-0.25, -0.2) is 8.78 Å². The highest BCUT2D eigenvalue weighted by atomic mass is 32.1. The van der Waals surface area contributed by atoms with Crippen molar-refractivity contribution < 1.29 is 18.4 Å². The van der Waals surface area contributed by atoms with E-state index in [9.17, 15) is 23.2 Å². The minimum absolute atomic E-state index is 0.0105. The molecule has 1 unspecified atom stereocenters. The van der Waals surface area contributed by atoms with Crippen LogP contribution in [0.3, 0.4) is 0 Å². The number of carbonyl (C=O) groups is 2. The maximum Gasteiger partial charge on any atom is 0.227 e. The van der Waals surface area contributed by atoms with E-state index in [4.69, 9.17) is 0 Å². The number of ketones is 1. The molecule has 1 N–H and O–H groups in total. The first-order valence-electron chi connectivity index (χ1n) is 15.8. The van der Waals surface area contributed by atoms with Crippen LogP contribution in [0.15, 0.2) is 83.8 Å². The Bertz CT molecular complexity index is 1950. The van der Waals surface area contributed by atoms with E-state index in [2.05, 4.69) is 10.2 Å². The molecule has 0 aliphatic carbocycles. The van der Waals surface area contributed by atoms with Gasteiger partial charge in [0, 0.05) is 47.3 Å². The molecule has 9 heteroatoms. The molecule has 6 nitrogen and oxygen atoms in total. The highest BCUT2D eigenvalue weighted by molar-refractivity contribution is 7.22. The SMILES string of the molecule is CCC(C)C(=O)Nc1ccc(-c2sc3c(c2CN(C)Cc2ccccc2)c(=O)c(C(=O)C(C)C)cn3Cc2c(F)cccc2F)cc1. The number of fused-ring (bicyclic) bond motifs is 1. The van der Waals surface area contributed by atoms with E-state index >= 15 is 0 Å². The Morgan fingerprint density at radius 2 is 1.55 bits per heavy atom. The molecule has 0 saturated heterocycles. The van der Waals surface area contributed by atoms with Crippen molar-refractivity contribution in [1.82, 2.24) is 9.47 Å². The zero-order valence-electron chi connectivity index (χ0n) is 27.3. The first-order valence-corrected chi connectivity index (χ1v) is 16.6. The van der Waals surface area contributed by atoms with Crippen LogP contribution in [0.4, 0.5) is 14.5 Å². The van der Waals surface area contributed by atoms with Gasteiger partial charge in [-0.05, 0) is 54.4 Å². The van der Waals surface area contributed by atoms with Gasteiger partial charge in [-0.15, -0.1) is 11.3 Å². The number of amides is 1. The molecule has 47 heavy (non-hydrogen) atoms. The Kier molecular flexibility index (Phi) is 10.5. The number of anilines is 1. The Morgan fingerprint density at radius 3 is 2.17 bits per heavy atom. The van der Waals surface area contributed by atoms with Crippen LogP contribution in [-0.2, 0) is 24.4 Å². The van der Waals surface area contributed by atoms with Gasteiger partial charge in [0.2, 0.25) is 11.3 Å². The van der Waals surface area contributed by atoms with Gasteiger partial charge in [0.1, 0.15) is 16.5 Å². The fourth-order valence-electron chi connectivity index (χ4n) is 5.51. The number of pyridine rings is 1. The highest BCUT2D eigenvalue weighted by Crippen LogP contribution is 2.39. The zero-order valence-corrected chi connectivity index (χ0v) is 28.1. The molecule has 0 fully saturated rings. The maximum absolute atomic E-state index is 14.9. The monoisotopic (exact) mass is 655 g/mol. The van der Waals surface area contributed by atoms with Gasteiger partial charge in [0.15, 0.2) is 5.78 Å². The third-order valence-electron chi connectivity index (χ3n) is 8.38. The van der Waals surface area contributed by atoms with Gasteiger partial charge in [0.05, 0.1) is 17.5 Å². The number of hydrogen-bond donors (Lipinski definition) is 1. The summed E-state index contributed by atoms with van der Waals surface area (Å²) in [6.07, 6.45) is 2.17. The summed E-state index contributed by atoms with van der Waals surface area (Å²) in [5.41, 5.74) is 2.74. The maximum atomic E-state index is 14.9. The van der Waals surface area contributed by atoms with Crippen molar-refractivity contribution in [2.45, 2.75) is 53.8 Å². The lowest BCUT2D eigenvalue weighted by atomic mass is 9.99. The summed E-state index contributed by atoms with van der Waals surface area (Å²) in [5, 5.41) is 3.32. The smallest absolute Gasteiger partial charge is 0.227 e. The predicted molar refractivity (Wildman–Crippen MR) is 186 cm³/mol. The van der Waals surface area contributed by atoms with E-state index in [0.717, 1.165) is 28.0 Å². The van der Waals surface area contributed by atoms with Crippen LogP contribution in [0.2, 0.25) is 0 Å². The fourth-order valence-corrected chi connectivity index (χ4v) is 6.80. The van der Waals surface area contributed by atoms with E-state index in [1.165, 1.54) is 35.7 Å². The average Bonchev–Trinajstić information content (AvgIpc) is 3.43. The van der Waals surface area contributed by atoms with Gasteiger partial charge in [-0.3, -0.25) is 19.3 Å². The molecule has 0 radical (unpaired) electrons. The van der Waals surface area contributed by atoms with Crippen LogP contribution in [0.25, 0.3) is 20.7 Å². The number of benzene rings is 3. The van der Waals surface area contributed by atoms with E-state index in [-0.39, 0.29) is 35.3 Å². The molecule has 0 saturated carbocycles. The third-order valence-corrected chi connectivity index (χ3v) is 9.70. The number of hydrogen-bond acceptors (Lipinski definition) is 5. The Hall–Kier alpha value is -4.47. The van der Waals surface area contributed by atoms with Crippen LogP contribution >= 0.6 is 11.3 Å². The van der Waals surface area contributed by atoms with Crippen molar-refractivity contribution in [3.8, 4) is 10.4 Å². The number of Topliss-reactive ketones (excluding diaryl/α,β-unsaturated/α-hetero) is 1. The van der Waals surface area contributed by atoms with Crippen molar-refractivity contribution in [2.75, 3.05) is 12.4 Å². The standard InChI is InChI=1S/C38H39F2N3O3S/c1-6-24(4)37(46)41-27-17-15-26(16-18-27)36-29(20-42(5)19-25-11-8-7-9-12-25)33-35(45)30(34(44)23(2)3)22-43(38(33)47-36)21-28-31(39)13-10-14-32(28)40/h7-18,22-24H,6,19-21H2,1-5H3,(H,41,46). The molecule has 5 rings (SSSR count). The molecule has 1 amide bonds. The Balaban J connectivity index is 1.70. The van der Waals surface area contributed by atoms with Gasteiger partial charge >= 0.3 is 0 Å². The molecule has 3 aromatic carbocycles. The first kappa shape index (κ1) is 33.9. The van der Waals surface area contributed by atoms with Crippen LogP contribution in [0.1, 0.15) is 61.2 Å². The molecule has 0 aliphatic heterocycles. The quantitative estimate of drug-likeness (QED) is 0.137. The molecule has 2 heterocycles. The third kappa shape index (κ3) is 7.42. The number of carbonyl (C=O) groups excluding carboxylic acids is 2. The lowest BCUT2D eigenvalue weighted by Crippen LogP contribution is -2.24. The van der Waals surface area contributed by atoms with Gasteiger partial charge in [-0.1, -0.05) is 76.2 Å². The molecular formula is C38H39F2N3O3S. The summed E-state index contributed by atoms with van der Waals surface area (Å²) in [7, 11) is 1.96. The topological polar surface area (TPSA) is 71.4 Å². The minimum atomic E-state index is -0.705. The van der Waals surface area contributed by atoms with E-state index in [1.807, 2.05) is 75.5 Å². The van der Waals surface area contributed by atoms with Crippen molar-refractivity contribution >= 4 is 38.9 Å². The Morgan fingerprint density at radius 1 is 0.894 bits per heavy atom. The average molecular weight is 656 g/mol. The lowest BCUT2D eigenvalue weighted by molar-refractivity contribution is -0.119. The highest BCUT2D eigenvalue weighted by Gasteiger charge is 2.26. The molecule has 0 spiro atoms. The fraction of sp³-hybridized carbons (Fsp3) is 0.289. The van der Waals surface area contributed by atoms with Crippen LogP contribution in [0.5, 0.6) is 0 Å². The summed E-state index contributed by atoms with van der Waals surface area (Å²) < 4.78 is 31.5. The number of nitrogens with zero attached hydrogens (tertiary/aromatic N) is 2. The minimum Gasteiger partial charge on any atom is -0.334 e. The number of nitrogens with one attached hydrogen (secondary N) is 1. The second kappa shape index (κ2) is 14.5.